The molecule has 1 aliphatic heterocycles. The van der Waals surface area contributed by atoms with Gasteiger partial charge in [0.25, 0.3) is 0 Å². The fourth-order valence-electron chi connectivity index (χ4n) is 4.62. The number of piperazine rings is 1. The number of carbonyl (C=O) groups excluding carboxylic acids is 1. The third kappa shape index (κ3) is 6.49. The highest BCUT2D eigenvalue weighted by Crippen LogP contribution is 2.27. The van der Waals surface area contributed by atoms with E-state index in [4.69, 9.17) is 4.52 Å². The molecule has 4 aromatic rings. The van der Waals surface area contributed by atoms with Gasteiger partial charge in [0.15, 0.2) is 11.6 Å². The van der Waals surface area contributed by atoms with E-state index in [1.165, 1.54) is 12.4 Å². The third-order valence-electron chi connectivity index (χ3n) is 6.89. The molecule has 214 valence electrons. The number of hydrogen-bond acceptors (Lipinski definition) is 10. The molecule has 1 amide bonds. The number of aryl methyl sites for hydroxylation is 1. The Hall–Kier alpha value is -4.45. The van der Waals surface area contributed by atoms with Gasteiger partial charge in [-0.2, -0.15) is 4.98 Å². The molecule has 4 heterocycles. The van der Waals surface area contributed by atoms with Crippen LogP contribution in [-0.2, 0) is 5.41 Å². The maximum Gasteiger partial charge on any atom is 0.315 e. The number of pyridine rings is 1. The second-order valence-electron chi connectivity index (χ2n) is 11.1. The van der Waals surface area contributed by atoms with Crippen molar-refractivity contribution in [2.24, 2.45) is 0 Å². The summed E-state index contributed by atoms with van der Waals surface area (Å²) >= 11 is 0. The van der Waals surface area contributed by atoms with E-state index in [2.05, 4.69) is 41.0 Å². The second kappa shape index (κ2) is 11.6. The average Bonchev–Trinajstić information content (AvgIpc) is 3.45. The summed E-state index contributed by atoms with van der Waals surface area (Å²) in [6, 6.07) is 8.74. The van der Waals surface area contributed by atoms with Crippen molar-refractivity contribution in [1.29, 1.82) is 0 Å². The van der Waals surface area contributed by atoms with Gasteiger partial charge in [0.1, 0.15) is 18.0 Å². The summed E-state index contributed by atoms with van der Waals surface area (Å²) < 4.78 is 20.0. The molecule has 1 aliphatic rings. The number of rotatable bonds is 7. The molecular formula is C29H34FN9O2. The lowest BCUT2D eigenvalue weighted by atomic mass is 9.96. The lowest BCUT2D eigenvalue weighted by Gasteiger charge is -2.29. The van der Waals surface area contributed by atoms with Crippen LogP contribution in [0, 0.1) is 12.7 Å². The van der Waals surface area contributed by atoms with Crippen molar-refractivity contribution >= 4 is 23.2 Å². The summed E-state index contributed by atoms with van der Waals surface area (Å²) in [5.74, 6) is 0.500. The Morgan fingerprint density at radius 1 is 1.10 bits per heavy atom. The molecule has 1 atom stereocenters. The Bertz CT molecular complexity index is 1540. The minimum absolute atomic E-state index is 0.0649. The molecule has 3 N–H and O–H groups in total. The zero-order valence-corrected chi connectivity index (χ0v) is 23.8. The molecule has 5 rings (SSSR count). The van der Waals surface area contributed by atoms with Crippen LogP contribution >= 0.6 is 0 Å². The minimum Gasteiger partial charge on any atom is -0.365 e. The molecule has 3 aromatic heterocycles. The van der Waals surface area contributed by atoms with Crippen LogP contribution in [0.15, 0.2) is 47.4 Å². The quantitative estimate of drug-likeness (QED) is 0.301. The first-order valence-corrected chi connectivity index (χ1v) is 13.5. The molecule has 1 saturated heterocycles. The van der Waals surface area contributed by atoms with Crippen molar-refractivity contribution in [2.75, 3.05) is 36.4 Å². The van der Waals surface area contributed by atoms with Crippen molar-refractivity contribution in [1.82, 2.24) is 35.7 Å². The Morgan fingerprint density at radius 3 is 2.54 bits per heavy atom. The van der Waals surface area contributed by atoms with Gasteiger partial charge in [0.2, 0.25) is 0 Å². The van der Waals surface area contributed by atoms with Crippen LogP contribution in [0.4, 0.5) is 21.7 Å². The first-order valence-electron chi connectivity index (χ1n) is 13.5. The van der Waals surface area contributed by atoms with E-state index >= 15 is 0 Å². The Morgan fingerprint density at radius 2 is 1.85 bits per heavy atom. The summed E-state index contributed by atoms with van der Waals surface area (Å²) in [6.07, 6.45) is 3.00. The van der Waals surface area contributed by atoms with Gasteiger partial charge in [-0.25, -0.2) is 19.3 Å². The van der Waals surface area contributed by atoms with Crippen LogP contribution in [0.25, 0.3) is 11.3 Å². The molecule has 41 heavy (non-hydrogen) atoms. The van der Waals surface area contributed by atoms with Crippen molar-refractivity contribution in [2.45, 2.75) is 46.1 Å². The molecule has 0 saturated carbocycles. The van der Waals surface area contributed by atoms with Crippen LogP contribution in [-0.4, -0.2) is 57.2 Å². The van der Waals surface area contributed by atoms with E-state index in [0.717, 1.165) is 42.9 Å². The number of halogens is 1. The Labute approximate surface area is 238 Å². The fraction of sp³-hybridized carbons (Fsp3) is 0.379. The maximum absolute atomic E-state index is 14.8. The van der Waals surface area contributed by atoms with Gasteiger partial charge in [-0.05, 0) is 31.0 Å². The number of aromatic nitrogens is 5. The molecule has 0 aliphatic carbocycles. The summed E-state index contributed by atoms with van der Waals surface area (Å²) in [6.45, 7) is 12.8. The highest BCUT2D eigenvalue weighted by molar-refractivity contribution is 5.89. The predicted molar refractivity (Wildman–Crippen MR) is 154 cm³/mol. The SMILES string of the molecule is Cc1cc(-c2cc(Nc3cc(F)c(N4CCNCC4)cn3)ncn2)ccc1[C@@H](C)NC(=O)c1nc(C(C)(C)C)no1. The Kier molecular flexibility index (Phi) is 7.93. The van der Waals surface area contributed by atoms with Gasteiger partial charge in [0.05, 0.1) is 23.6 Å². The van der Waals surface area contributed by atoms with Gasteiger partial charge < -0.3 is 25.4 Å². The molecule has 0 unspecified atom stereocenters. The maximum atomic E-state index is 14.8. The van der Waals surface area contributed by atoms with Gasteiger partial charge in [-0.15, -0.1) is 0 Å². The highest BCUT2D eigenvalue weighted by Gasteiger charge is 2.25. The minimum atomic E-state index is -0.429. The lowest BCUT2D eigenvalue weighted by Crippen LogP contribution is -2.43. The van der Waals surface area contributed by atoms with Crippen LogP contribution in [0.1, 0.15) is 61.4 Å². The number of amides is 1. The number of benzene rings is 1. The first-order chi connectivity index (χ1) is 19.6. The van der Waals surface area contributed by atoms with Gasteiger partial charge >= 0.3 is 11.8 Å². The summed E-state index contributed by atoms with van der Waals surface area (Å²) in [5, 5.41) is 13.2. The van der Waals surface area contributed by atoms with E-state index in [9.17, 15) is 9.18 Å². The number of nitrogens with one attached hydrogen (secondary N) is 3. The van der Waals surface area contributed by atoms with E-state index in [-0.39, 0.29) is 23.2 Å². The first kappa shape index (κ1) is 28.1. The van der Waals surface area contributed by atoms with Gasteiger partial charge in [0, 0.05) is 49.3 Å². The largest absolute Gasteiger partial charge is 0.365 e. The zero-order valence-electron chi connectivity index (χ0n) is 23.8. The van der Waals surface area contributed by atoms with Crippen molar-refractivity contribution in [3.63, 3.8) is 0 Å². The smallest absolute Gasteiger partial charge is 0.315 e. The van der Waals surface area contributed by atoms with Gasteiger partial charge in [-0.1, -0.05) is 38.1 Å². The van der Waals surface area contributed by atoms with Crippen LogP contribution in [0.5, 0.6) is 0 Å². The normalized spacial score (nSPS) is 14.5. The molecule has 0 radical (unpaired) electrons. The van der Waals surface area contributed by atoms with Crippen LogP contribution in [0.2, 0.25) is 0 Å². The van der Waals surface area contributed by atoms with E-state index in [0.29, 0.717) is 28.8 Å². The monoisotopic (exact) mass is 559 g/mol. The van der Waals surface area contributed by atoms with E-state index in [1.807, 2.05) is 57.7 Å². The molecule has 1 aromatic carbocycles. The number of nitrogens with zero attached hydrogens (tertiary/aromatic N) is 6. The van der Waals surface area contributed by atoms with Gasteiger partial charge in [-0.3, -0.25) is 4.79 Å². The van der Waals surface area contributed by atoms with Crippen molar-refractivity contribution in [3.05, 3.63) is 71.5 Å². The summed E-state index contributed by atoms with van der Waals surface area (Å²) in [4.78, 5) is 32.0. The van der Waals surface area contributed by atoms with E-state index in [1.54, 1.807) is 12.3 Å². The zero-order chi connectivity index (χ0) is 29.1. The predicted octanol–water partition coefficient (Wildman–Crippen LogP) is 4.31. The van der Waals surface area contributed by atoms with Crippen LogP contribution < -0.4 is 20.9 Å². The van der Waals surface area contributed by atoms with Crippen LogP contribution in [0.3, 0.4) is 0 Å². The fourth-order valence-corrected chi connectivity index (χ4v) is 4.62. The molecular weight excluding hydrogens is 525 g/mol. The molecule has 11 nitrogen and oxygen atoms in total. The van der Waals surface area contributed by atoms with Crippen molar-refractivity contribution < 1.29 is 13.7 Å². The number of hydrogen-bond donors (Lipinski definition) is 3. The topological polar surface area (TPSA) is 134 Å². The average molecular weight is 560 g/mol. The second-order valence-corrected chi connectivity index (χ2v) is 11.1. The Balaban J connectivity index is 1.27. The standard InChI is InChI=1S/C29H34FN9O2/c1-17-12-19(6-7-20(17)18(2)35-26(40)27-37-28(38-41-27)29(3,4)5)22-14-25(34-16-33-22)36-24-13-21(30)23(15-32-24)39-10-8-31-9-11-39/h6-7,12-16,18,31H,8-11H2,1-5H3,(H,35,40)(H,32,33,34,36)/t18-/m1/s1. The molecule has 12 heteroatoms. The lowest BCUT2D eigenvalue weighted by molar-refractivity contribution is 0.0895. The highest BCUT2D eigenvalue weighted by atomic mass is 19.1. The summed E-state index contributed by atoms with van der Waals surface area (Å²) in [7, 11) is 0. The molecule has 1 fully saturated rings. The van der Waals surface area contributed by atoms with E-state index < -0.39 is 5.91 Å². The number of anilines is 3. The van der Waals surface area contributed by atoms with Crippen molar-refractivity contribution in [3.8, 4) is 11.3 Å². The molecule has 0 bridgehead atoms. The third-order valence-corrected chi connectivity index (χ3v) is 6.89. The summed E-state index contributed by atoms with van der Waals surface area (Å²) in [5.41, 5.74) is 3.64. The molecule has 0 spiro atoms. The number of carbonyl (C=O) groups is 1.